The van der Waals surface area contributed by atoms with Crippen LogP contribution >= 0.6 is 0 Å². The molecule has 110 valence electrons. The molecule has 4 N–H and O–H groups in total. The molecule has 0 spiro atoms. The van der Waals surface area contributed by atoms with E-state index in [2.05, 4.69) is 15.5 Å². The van der Waals surface area contributed by atoms with E-state index in [1.165, 1.54) is 19.3 Å². The molecule has 1 aliphatic heterocycles. The fourth-order valence-corrected chi connectivity index (χ4v) is 3.14. The number of rotatable bonds is 4. The van der Waals surface area contributed by atoms with Gasteiger partial charge in [0.1, 0.15) is 0 Å². The van der Waals surface area contributed by atoms with Crippen LogP contribution in [0.25, 0.3) is 0 Å². The topological polar surface area (TPSA) is 70.4 Å². The lowest BCUT2D eigenvalue weighted by molar-refractivity contribution is 0.193. The lowest BCUT2D eigenvalue weighted by atomic mass is 9.96. The first-order chi connectivity index (χ1) is 9.28. The second-order valence-electron chi connectivity index (χ2n) is 5.86. The number of carbonyl (C=O) groups is 1. The van der Waals surface area contributed by atoms with E-state index in [1.807, 2.05) is 0 Å². The van der Waals surface area contributed by atoms with Crippen molar-refractivity contribution in [3.05, 3.63) is 0 Å². The zero-order valence-corrected chi connectivity index (χ0v) is 11.9. The van der Waals surface area contributed by atoms with E-state index < -0.39 is 0 Å². The van der Waals surface area contributed by atoms with Gasteiger partial charge in [-0.2, -0.15) is 0 Å². The average Bonchev–Trinajstić information content (AvgIpc) is 2.42. The van der Waals surface area contributed by atoms with Crippen molar-refractivity contribution in [2.75, 3.05) is 26.2 Å². The number of likely N-dealkylation sites (tertiary alicyclic amines) is 1. The Morgan fingerprint density at radius 3 is 2.16 bits per heavy atom. The Balaban J connectivity index is 1.63. The minimum absolute atomic E-state index is 0.0316. The van der Waals surface area contributed by atoms with Crippen LogP contribution in [-0.4, -0.2) is 49.2 Å². The third kappa shape index (κ3) is 4.99. The van der Waals surface area contributed by atoms with E-state index in [4.69, 9.17) is 5.73 Å². The molecule has 1 saturated heterocycles. The van der Waals surface area contributed by atoms with E-state index in [-0.39, 0.29) is 6.03 Å². The summed E-state index contributed by atoms with van der Waals surface area (Å²) >= 11 is 0. The molecule has 2 amide bonds. The molecule has 0 unspecified atom stereocenters. The lowest BCUT2D eigenvalue weighted by Gasteiger charge is -2.32. The van der Waals surface area contributed by atoms with Crippen LogP contribution in [0.2, 0.25) is 0 Å². The van der Waals surface area contributed by atoms with E-state index in [0.717, 1.165) is 51.9 Å². The summed E-state index contributed by atoms with van der Waals surface area (Å²) in [6.45, 7) is 3.79. The smallest absolute Gasteiger partial charge is 0.315 e. The van der Waals surface area contributed by atoms with Crippen molar-refractivity contribution in [3.63, 3.8) is 0 Å². The number of piperidine rings is 1. The summed E-state index contributed by atoms with van der Waals surface area (Å²) < 4.78 is 0. The molecule has 5 heteroatoms. The summed E-state index contributed by atoms with van der Waals surface area (Å²) in [7, 11) is 0. The normalized spacial score (nSPS) is 23.2. The van der Waals surface area contributed by atoms with Gasteiger partial charge in [0.25, 0.3) is 0 Å². The van der Waals surface area contributed by atoms with Crippen LogP contribution in [0.3, 0.4) is 0 Å². The number of nitrogens with two attached hydrogens (primary N) is 1. The van der Waals surface area contributed by atoms with Gasteiger partial charge in [0.15, 0.2) is 0 Å². The Morgan fingerprint density at radius 1 is 1.00 bits per heavy atom. The molecule has 0 atom stereocenters. The van der Waals surface area contributed by atoms with Crippen molar-refractivity contribution in [1.82, 2.24) is 15.5 Å². The maximum atomic E-state index is 11.9. The fourth-order valence-electron chi connectivity index (χ4n) is 3.14. The van der Waals surface area contributed by atoms with Gasteiger partial charge in [-0.05, 0) is 25.7 Å². The molecule has 2 fully saturated rings. The Kier molecular flexibility index (Phi) is 5.92. The van der Waals surface area contributed by atoms with Crippen molar-refractivity contribution in [2.45, 2.75) is 57.0 Å². The largest absolute Gasteiger partial charge is 0.335 e. The van der Waals surface area contributed by atoms with Crippen LogP contribution in [0.4, 0.5) is 4.79 Å². The van der Waals surface area contributed by atoms with Crippen molar-refractivity contribution in [2.24, 2.45) is 5.73 Å². The highest BCUT2D eigenvalue weighted by atomic mass is 16.2. The van der Waals surface area contributed by atoms with Gasteiger partial charge in [-0.25, -0.2) is 4.79 Å². The zero-order chi connectivity index (χ0) is 13.5. The fraction of sp³-hybridized carbons (Fsp3) is 0.929. The van der Waals surface area contributed by atoms with Gasteiger partial charge in [-0.3, -0.25) is 0 Å². The first-order valence-corrected chi connectivity index (χ1v) is 7.77. The Morgan fingerprint density at radius 2 is 1.58 bits per heavy atom. The summed E-state index contributed by atoms with van der Waals surface area (Å²) in [5.41, 5.74) is 5.56. The van der Waals surface area contributed by atoms with Crippen LogP contribution in [0.5, 0.6) is 0 Å². The molecule has 2 rings (SSSR count). The maximum Gasteiger partial charge on any atom is 0.315 e. The standard InChI is InChI=1S/C14H28N4O/c15-8-11-18-9-6-13(7-10-18)17-14(19)16-12-4-2-1-3-5-12/h12-13H,1-11,15H2,(H2,16,17,19). The predicted molar refractivity (Wildman–Crippen MR) is 77.1 cm³/mol. The minimum atomic E-state index is 0.0316. The molecule has 0 aromatic carbocycles. The average molecular weight is 268 g/mol. The van der Waals surface area contributed by atoms with Crippen molar-refractivity contribution >= 4 is 6.03 Å². The second kappa shape index (κ2) is 7.70. The summed E-state index contributed by atoms with van der Waals surface area (Å²) in [5.74, 6) is 0. The monoisotopic (exact) mass is 268 g/mol. The highest BCUT2D eigenvalue weighted by molar-refractivity contribution is 5.74. The summed E-state index contributed by atoms with van der Waals surface area (Å²) in [5, 5.41) is 6.24. The van der Waals surface area contributed by atoms with E-state index >= 15 is 0 Å². The zero-order valence-electron chi connectivity index (χ0n) is 11.9. The van der Waals surface area contributed by atoms with Crippen LogP contribution < -0.4 is 16.4 Å². The molecule has 0 bridgehead atoms. The van der Waals surface area contributed by atoms with Crippen LogP contribution in [0, 0.1) is 0 Å². The van der Waals surface area contributed by atoms with E-state index in [1.54, 1.807) is 0 Å². The molecule has 0 aromatic heterocycles. The second-order valence-corrected chi connectivity index (χ2v) is 5.86. The number of hydrogen-bond acceptors (Lipinski definition) is 3. The summed E-state index contributed by atoms with van der Waals surface area (Å²) in [4.78, 5) is 14.3. The molecular formula is C14H28N4O. The minimum Gasteiger partial charge on any atom is -0.335 e. The first kappa shape index (κ1) is 14.6. The molecule has 19 heavy (non-hydrogen) atoms. The number of nitrogens with zero attached hydrogens (tertiary/aromatic N) is 1. The number of amides is 2. The Labute approximate surface area is 116 Å². The summed E-state index contributed by atoms with van der Waals surface area (Å²) in [6.07, 6.45) is 8.19. The Hall–Kier alpha value is -0.810. The molecule has 2 aliphatic rings. The van der Waals surface area contributed by atoms with Gasteiger partial charge >= 0.3 is 6.03 Å². The summed E-state index contributed by atoms with van der Waals surface area (Å²) in [6, 6.07) is 0.757. The highest BCUT2D eigenvalue weighted by Crippen LogP contribution is 2.17. The van der Waals surface area contributed by atoms with Gasteiger partial charge < -0.3 is 21.3 Å². The molecular weight excluding hydrogens is 240 g/mol. The molecule has 1 saturated carbocycles. The molecule has 1 aliphatic carbocycles. The van der Waals surface area contributed by atoms with Gasteiger partial charge in [0.05, 0.1) is 0 Å². The third-order valence-corrected chi connectivity index (χ3v) is 4.31. The molecule has 1 heterocycles. The first-order valence-electron chi connectivity index (χ1n) is 7.77. The SMILES string of the molecule is NCCN1CCC(NC(=O)NC2CCCCC2)CC1. The maximum absolute atomic E-state index is 11.9. The van der Waals surface area contributed by atoms with Gasteiger partial charge in [0.2, 0.25) is 0 Å². The van der Waals surface area contributed by atoms with Gasteiger partial charge in [0, 0.05) is 38.3 Å². The van der Waals surface area contributed by atoms with Crippen molar-refractivity contribution < 1.29 is 4.79 Å². The lowest BCUT2D eigenvalue weighted by Crippen LogP contribution is -2.50. The molecule has 5 nitrogen and oxygen atoms in total. The quantitative estimate of drug-likeness (QED) is 0.713. The van der Waals surface area contributed by atoms with Crippen LogP contribution in [-0.2, 0) is 0 Å². The number of urea groups is 1. The Bertz CT molecular complexity index is 271. The molecule has 0 radical (unpaired) electrons. The van der Waals surface area contributed by atoms with Crippen molar-refractivity contribution in [1.29, 1.82) is 0 Å². The van der Waals surface area contributed by atoms with Gasteiger partial charge in [-0.1, -0.05) is 19.3 Å². The number of carbonyl (C=O) groups excluding carboxylic acids is 1. The van der Waals surface area contributed by atoms with Crippen molar-refractivity contribution in [3.8, 4) is 0 Å². The third-order valence-electron chi connectivity index (χ3n) is 4.31. The van der Waals surface area contributed by atoms with E-state index in [0.29, 0.717) is 12.1 Å². The number of nitrogens with one attached hydrogen (secondary N) is 2. The van der Waals surface area contributed by atoms with Crippen LogP contribution in [0.15, 0.2) is 0 Å². The van der Waals surface area contributed by atoms with E-state index in [9.17, 15) is 4.79 Å². The molecule has 0 aromatic rings. The van der Waals surface area contributed by atoms with Crippen LogP contribution in [0.1, 0.15) is 44.9 Å². The van der Waals surface area contributed by atoms with Gasteiger partial charge in [-0.15, -0.1) is 0 Å². The number of hydrogen-bond donors (Lipinski definition) is 3. The predicted octanol–water partition coefficient (Wildman–Crippen LogP) is 1.04. The highest BCUT2D eigenvalue weighted by Gasteiger charge is 2.21.